The van der Waals surface area contributed by atoms with E-state index in [1.807, 2.05) is 37.3 Å². The molecule has 0 radical (unpaired) electrons. The third-order valence-electron chi connectivity index (χ3n) is 7.00. The number of anilines is 1. The lowest BCUT2D eigenvalue weighted by atomic mass is 10.0. The van der Waals surface area contributed by atoms with E-state index in [1.54, 1.807) is 55.5 Å². The van der Waals surface area contributed by atoms with Crippen molar-refractivity contribution in [3.63, 3.8) is 0 Å². The molecule has 7 nitrogen and oxygen atoms in total. The van der Waals surface area contributed by atoms with Crippen molar-refractivity contribution in [2.24, 2.45) is 0 Å². The van der Waals surface area contributed by atoms with Crippen LogP contribution < -0.4 is 9.62 Å². The maximum atomic E-state index is 14.4. The molecular weight excluding hydrogens is 641 g/mol. The fourth-order valence-corrected chi connectivity index (χ4v) is 6.80. The molecule has 0 aliphatic rings. The van der Waals surface area contributed by atoms with Crippen molar-refractivity contribution in [3.05, 3.63) is 129 Å². The highest BCUT2D eigenvalue weighted by molar-refractivity contribution is 7.92. The van der Waals surface area contributed by atoms with Gasteiger partial charge < -0.3 is 10.2 Å². The monoisotopic (exact) mass is 671 g/mol. The molecule has 1 N–H and O–H groups in total. The van der Waals surface area contributed by atoms with Crippen molar-refractivity contribution in [1.29, 1.82) is 0 Å². The van der Waals surface area contributed by atoms with E-state index >= 15 is 0 Å². The molecule has 0 saturated carbocycles. The number of nitrogens with zero attached hydrogens (tertiary/aromatic N) is 2. The Morgan fingerprint density at radius 1 is 0.841 bits per heavy atom. The summed E-state index contributed by atoms with van der Waals surface area (Å²) in [5, 5.41) is 3.73. The van der Waals surface area contributed by atoms with Crippen molar-refractivity contribution in [2.75, 3.05) is 17.4 Å². The number of likely N-dealkylation sites (N-methyl/N-ethyl adjacent to an activating group) is 1. The fourth-order valence-electron chi connectivity index (χ4n) is 4.70. The van der Waals surface area contributed by atoms with Gasteiger partial charge in [0.25, 0.3) is 10.0 Å². The van der Waals surface area contributed by atoms with Crippen LogP contribution in [0.3, 0.4) is 0 Å². The molecule has 44 heavy (non-hydrogen) atoms. The summed E-state index contributed by atoms with van der Waals surface area (Å²) in [7, 11) is -4.25. The van der Waals surface area contributed by atoms with Crippen LogP contribution in [0.1, 0.15) is 23.6 Å². The topological polar surface area (TPSA) is 86.8 Å². The molecule has 0 aliphatic carbocycles. The second kappa shape index (κ2) is 14.9. The zero-order valence-corrected chi connectivity index (χ0v) is 27.3. The summed E-state index contributed by atoms with van der Waals surface area (Å²) in [4.78, 5) is 29.4. The smallest absolute Gasteiger partial charge is 0.264 e. The molecule has 4 rings (SSSR count). The average Bonchev–Trinajstić information content (AvgIpc) is 2.99. The zero-order chi connectivity index (χ0) is 31.9. The number of nitrogens with one attached hydrogen (secondary N) is 1. The van der Waals surface area contributed by atoms with E-state index in [0.29, 0.717) is 27.2 Å². The van der Waals surface area contributed by atoms with Gasteiger partial charge in [0.15, 0.2) is 0 Å². The van der Waals surface area contributed by atoms with Crippen LogP contribution in [0.4, 0.5) is 5.69 Å². The Labute approximate surface area is 273 Å². The minimum atomic E-state index is -4.25. The van der Waals surface area contributed by atoms with E-state index in [0.717, 1.165) is 15.4 Å². The Morgan fingerprint density at radius 2 is 1.48 bits per heavy atom. The van der Waals surface area contributed by atoms with Gasteiger partial charge in [0.2, 0.25) is 11.8 Å². The first-order valence-electron chi connectivity index (χ1n) is 13.9. The molecule has 4 aromatic rings. The van der Waals surface area contributed by atoms with Gasteiger partial charge in [-0.25, -0.2) is 8.42 Å². The maximum absolute atomic E-state index is 14.4. The quantitative estimate of drug-likeness (QED) is 0.177. The molecule has 0 fully saturated rings. The molecule has 11 heteroatoms. The molecule has 0 aromatic heterocycles. The Morgan fingerprint density at radius 3 is 2.09 bits per heavy atom. The molecular formula is C33H32Cl3N3O4S. The van der Waals surface area contributed by atoms with E-state index < -0.39 is 34.4 Å². The Bertz CT molecular complexity index is 1700. The van der Waals surface area contributed by atoms with Crippen LogP contribution >= 0.6 is 34.8 Å². The summed E-state index contributed by atoms with van der Waals surface area (Å²) < 4.78 is 29.1. The van der Waals surface area contributed by atoms with E-state index in [1.165, 1.54) is 23.1 Å². The molecule has 0 aliphatic heterocycles. The number of carbonyl (C=O) groups is 2. The van der Waals surface area contributed by atoms with Gasteiger partial charge >= 0.3 is 0 Å². The van der Waals surface area contributed by atoms with E-state index in [2.05, 4.69) is 5.32 Å². The summed E-state index contributed by atoms with van der Waals surface area (Å²) in [5.41, 5.74) is 2.32. The Kier molecular flexibility index (Phi) is 11.3. The number of rotatable bonds is 12. The van der Waals surface area contributed by atoms with Crippen molar-refractivity contribution < 1.29 is 18.0 Å². The van der Waals surface area contributed by atoms with Gasteiger partial charge in [-0.15, -0.1) is 0 Å². The maximum Gasteiger partial charge on any atom is 0.264 e. The molecule has 0 bridgehead atoms. The number of aryl methyl sites for hydroxylation is 1. The predicted octanol–water partition coefficient (Wildman–Crippen LogP) is 6.93. The third-order valence-corrected chi connectivity index (χ3v) is 9.73. The SMILES string of the molecule is CCNC(=O)C(Cc1ccccc1)N(Cc1c(Cl)cccc1Cl)C(=O)CN(c1cccc(Cl)c1)S(=O)(=O)c1ccc(C)cc1. The van der Waals surface area contributed by atoms with E-state index in [4.69, 9.17) is 34.8 Å². The van der Waals surface area contributed by atoms with Gasteiger partial charge in [-0.05, 0) is 61.9 Å². The highest BCUT2D eigenvalue weighted by atomic mass is 35.5. The van der Waals surface area contributed by atoms with Crippen molar-refractivity contribution in [1.82, 2.24) is 10.2 Å². The summed E-state index contributed by atoms with van der Waals surface area (Å²) >= 11 is 19.3. The van der Waals surface area contributed by atoms with Gasteiger partial charge in [-0.3, -0.25) is 13.9 Å². The lowest BCUT2D eigenvalue weighted by molar-refractivity contribution is -0.140. The standard InChI is InChI=1S/C33H32Cl3N3O4S/c1-3-37-33(41)31(19-24-9-5-4-6-10-24)38(21-28-29(35)13-8-14-30(28)36)32(40)22-39(26-12-7-11-25(34)20-26)44(42,43)27-17-15-23(2)16-18-27/h4-18,20,31H,3,19,21-22H2,1-2H3,(H,37,41). The molecule has 4 aromatic carbocycles. The first-order chi connectivity index (χ1) is 21.0. The van der Waals surface area contributed by atoms with Crippen LogP contribution in [0.2, 0.25) is 15.1 Å². The number of benzene rings is 4. The van der Waals surface area contributed by atoms with E-state index in [9.17, 15) is 18.0 Å². The molecule has 0 spiro atoms. The number of hydrogen-bond donors (Lipinski definition) is 1. The first-order valence-corrected chi connectivity index (χ1v) is 16.5. The van der Waals surface area contributed by atoms with Crippen LogP contribution in [0.25, 0.3) is 0 Å². The minimum Gasteiger partial charge on any atom is -0.355 e. The van der Waals surface area contributed by atoms with Crippen LogP contribution in [0.15, 0.2) is 102 Å². The van der Waals surface area contributed by atoms with Gasteiger partial charge in [-0.2, -0.15) is 0 Å². The average molecular weight is 673 g/mol. The van der Waals surface area contributed by atoms with Crippen molar-refractivity contribution in [2.45, 2.75) is 37.8 Å². The van der Waals surface area contributed by atoms with Gasteiger partial charge in [0.05, 0.1) is 10.6 Å². The Hall–Kier alpha value is -3.56. The predicted molar refractivity (Wildman–Crippen MR) is 177 cm³/mol. The van der Waals surface area contributed by atoms with Crippen molar-refractivity contribution in [3.8, 4) is 0 Å². The number of hydrogen-bond acceptors (Lipinski definition) is 4. The molecule has 2 amide bonds. The largest absolute Gasteiger partial charge is 0.355 e. The number of sulfonamides is 1. The first kappa shape index (κ1) is 33.3. The van der Waals surface area contributed by atoms with Gasteiger partial charge in [-0.1, -0.05) is 95.0 Å². The second-order valence-electron chi connectivity index (χ2n) is 10.1. The van der Waals surface area contributed by atoms with Gasteiger partial charge in [0.1, 0.15) is 12.6 Å². The third kappa shape index (κ3) is 8.12. The molecule has 1 atom stereocenters. The van der Waals surface area contributed by atoms with Crippen LogP contribution in [0.5, 0.6) is 0 Å². The molecule has 0 saturated heterocycles. The lowest BCUT2D eigenvalue weighted by Gasteiger charge is -2.34. The summed E-state index contributed by atoms with van der Waals surface area (Å²) in [6, 6.07) is 25.8. The highest BCUT2D eigenvalue weighted by Crippen LogP contribution is 2.30. The fraction of sp³-hybridized carbons (Fsp3) is 0.212. The minimum absolute atomic E-state index is 0.00105. The number of halogens is 3. The molecule has 1 unspecified atom stereocenters. The van der Waals surface area contributed by atoms with Crippen LogP contribution in [0, 0.1) is 6.92 Å². The molecule has 0 heterocycles. The zero-order valence-electron chi connectivity index (χ0n) is 24.2. The highest BCUT2D eigenvalue weighted by Gasteiger charge is 2.35. The van der Waals surface area contributed by atoms with Crippen LogP contribution in [-0.2, 0) is 32.6 Å². The van der Waals surface area contributed by atoms with Crippen molar-refractivity contribution >= 4 is 62.3 Å². The number of amides is 2. The Balaban J connectivity index is 1.83. The van der Waals surface area contributed by atoms with Crippen LogP contribution in [-0.4, -0.2) is 44.3 Å². The normalized spacial score (nSPS) is 11.9. The van der Waals surface area contributed by atoms with Gasteiger partial charge in [0, 0.05) is 40.1 Å². The molecule has 230 valence electrons. The lowest BCUT2D eigenvalue weighted by Crippen LogP contribution is -2.53. The summed E-state index contributed by atoms with van der Waals surface area (Å²) in [6.07, 6.45) is 0.169. The summed E-state index contributed by atoms with van der Waals surface area (Å²) in [5.74, 6) is -1.03. The summed E-state index contributed by atoms with van der Waals surface area (Å²) in [6.45, 7) is 3.20. The number of carbonyl (C=O) groups excluding carboxylic acids is 2. The second-order valence-corrected chi connectivity index (χ2v) is 13.2. The van der Waals surface area contributed by atoms with E-state index in [-0.39, 0.29) is 23.5 Å².